The Hall–Kier alpha value is -2.91. The molecule has 0 saturated heterocycles. The van der Waals surface area contributed by atoms with Gasteiger partial charge in [0.15, 0.2) is 10.8 Å². The third-order valence-corrected chi connectivity index (χ3v) is 7.84. The maximum atomic E-state index is 12.6. The summed E-state index contributed by atoms with van der Waals surface area (Å²) in [5.74, 6) is 0.147. The molecule has 0 bridgehead atoms. The first-order valence-corrected chi connectivity index (χ1v) is 11.1. The zero-order valence-corrected chi connectivity index (χ0v) is 19.1. The number of carbonyl (C=O) groups excluding carboxylic acids is 2. The second-order valence-electron chi connectivity index (χ2n) is 6.80. The Morgan fingerprint density at radius 2 is 1.65 bits per heavy atom. The second-order valence-corrected chi connectivity index (χ2v) is 9.40. The van der Waals surface area contributed by atoms with E-state index < -0.39 is 10.3 Å². The van der Waals surface area contributed by atoms with Crippen LogP contribution in [0.25, 0.3) is 0 Å². The normalized spacial score (nSPS) is 20.3. The monoisotopic (exact) mass is 455 g/mol. The van der Waals surface area contributed by atoms with Crippen molar-refractivity contribution in [3.05, 3.63) is 65.2 Å². The van der Waals surface area contributed by atoms with Crippen molar-refractivity contribution in [2.24, 2.45) is 5.10 Å². The van der Waals surface area contributed by atoms with Crippen LogP contribution in [0.4, 0.5) is 11.4 Å². The molecule has 2 aliphatic rings. The van der Waals surface area contributed by atoms with Crippen molar-refractivity contribution in [3.63, 3.8) is 0 Å². The molecule has 0 amide bonds. The van der Waals surface area contributed by atoms with E-state index in [4.69, 9.17) is 9.47 Å². The van der Waals surface area contributed by atoms with Gasteiger partial charge in [-0.15, -0.1) is 0 Å². The summed E-state index contributed by atoms with van der Waals surface area (Å²) in [5.41, 5.74) is 2.36. The summed E-state index contributed by atoms with van der Waals surface area (Å²) in [6.07, 6.45) is 0. The summed E-state index contributed by atoms with van der Waals surface area (Å²) in [6, 6.07) is 17.1. The van der Waals surface area contributed by atoms with Crippen LogP contribution in [0.1, 0.15) is 13.8 Å². The minimum absolute atomic E-state index is 0.141. The number of hydrogen-bond acceptors (Lipinski definition) is 9. The molecule has 2 aromatic rings. The van der Waals surface area contributed by atoms with Gasteiger partial charge < -0.3 is 14.4 Å². The minimum atomic E-state index is -0.940. The largest absolute Gasteiger partial charge is 0.497 e. The van der Waals surface area contributed by atoms with E-state index in [-0.39, 0.29) is 5.78 Å². The van der Waals surface area contributed by atoms with Crippen molar-refractivity contribution in [1.29, 1.82) is 0 Å². The molecule has 9 heteroatoms. The lowest BCUT2D eigenvalue weighted by molar-refractivity contribution is -0.135. The number of ketones is 1. The maximum Gasteiger partial charge on any atom is 0.346 e. The van der Waals surface area contributed by atoms with Crippen molar-refractivity contribution < 1.29 is 19.1 Å². The Kier molecular flexibility index (Phi) is 5.72. The Morgan fingerprint density at radius 3 is 2.23 bits per heavy atom. The Labute approximate surface area is 189 Å². The number of allylic oxidation sites excluding steroid dienone is 1. The molecule has 0 aromatic heterocycles. The quantitative estimate of drug-likeness (QED) is 0.614. The molecular formula is C22H21N3O4S2. The standard InChI is InChI=1S/C22H21N3O4S2/c1-14-19(21(27)29-4)30-22(24(14)16-8-6-5-7-9-16)25(23-20(31-22)15(2)26)17-10-12-18(28-3)13-11-17/h5-13H,1-4H3. The zero-order valence-electron chi connectivity index (χ0n) is 17.5. The Morgan fingerprint density at radius 1 is 0.968 bits per heavy atom. The summed E-state index contributed by atoms with van der Waals surface area (Å²) in [5, 5.41) is 6.81. The van der Waals surface area contributed by atoms with E-state index >= 15 is 0 Å². The summed E-state index contributed by atoms with van der Waals surface area (Å²) >= 11 is 2.63. The van der Waals surface area contributed by atoms with Crippen LogP contribution in [0.5, 0.6) is 5.75 Å². The third kappa shape index (κ3) is 3.57. The van der Waals surface area contributed by atoms with Gasteiger partial charge in [-0.3, -0.25) is 4.79 Å². The van der Waals surface area contributed by atoms with Gasteiger partial charge in [-0.25, -0.2) is 9.80 Å². The van der Waals surface area contributed by atoms with E-state index in [0.717, 1.165) is 17.1 Å². The van der Waals surface area contributed by atoms with Crippen LogP contribution in [0, 0.1) is 0 Å². The molecule has 7 nitrogen and oxygen atoms in total. The van der Waals surface area contributed by atoms with Crippen LogP contribution in [0.3, 0.4) is 0 Å². The number of nitrogens with zero attached hydrogens (tertiary/aromatic N) is 3. The van der Waals surface area contributed by atoms with Gasteiger partial charge in [-0.05, 0) is 55.1 Å². The van der Waals surface area contributed by atoms with Crippen molar-refractivity contribution in [1.82, 2.24) is 0 Å². The minimum Gasteiger partial charge on any atom is -0.497 e. The summed E-state index contributed by atoms with van der Waals surface area (Å²) in [6.45, 7) is 3.37. The molecule has 1 atom stereocenters. The number of rotatable bonds is 5. The van der Waals surface area contributed by atoms with Crippen LogP contribution in [0.2, 0.25) is 0 Å². The maximum absolute atomic E-state index is 12.6. The van der Waals surface area contributed by atoms with Gasteiger partial charge in [-0.1, -0.05) is 30.0 Å². The van der Waals surface area contributed by atoms with Gasteiger partial charge in [0.25, 0.3) is 0 Å². The highest BCUT2D eigenvalue weighted by atomic mass is 32.2. The summed E-state index contributed by atoms with van der Waals surface area (Å²) in [4.78, 5) is 27.4. The highest BCUT2D eigenvalue weighted by Crippen LogP contribution is 2.60. The molecule has 160 valence electrons. The molecule has 2 aromatic carbocycles. The molecule has 2 heterocycles. The topological polar surface area (TPSA) is 71.4 Å². The van der Waals surface area contributed by atoms with E-state index in [1.165, 1.54) is 37.6 Å². The molecule has 1 unspecified atom stereocenters. The van der Waals surface area contributed by atoms with E-state index in [2.05, 4.69) is 5.10 Å². The SMILES string of the molecule is COC(=O)C1=C(C)N(c2ccccc2)C2(SC(C(C)=O)=NN2c2ccc(OC)cc2)S1. The number of hydrazone groups is 1. The van der Waals surface area contributed by atoms with Crippen molar-refractivity contribution >= 4 is 51.7 Å². The summed E-state index contributed by atoms with van der Waals surface area (Å²) < 4.78 is 9.38. The molecule has 0 fully saturated rings. The predicted molar refractivity (Wildman–Crippen MR) is 125 cm³/mol. The molecule has 0 aliphatic carbocycles. The Balaban J connectivity index is 1.89. The number of methoxy groups -OCH3 is 2. The first-order chi connectivity index (χ1) is 14.9. The van der Waals surface area contributed by atoms with Gasteiger partial charge >= 0.3 is 5.97 Å². The summed E-state index contributed by atoms with van der Waals surface area (Å²) in [7, 11) is 2.97. The molecule has 0 N–H and O–H groups in total. The molecule has 0 saturated carbocycles. The first-order valence-electron chi connectivity index (χ1n) is 9.47. The number of anilines is 2. The number of thioether (sulfide) groups is 2. The number of carbonyl (C=O) groups is 2. The molecule has 31 heavy (non-hydrogen) atoms. The van der Waals surface area contributed by atoms with Crippen molar-refractivity contribution in [2.45, 2.75) is 18.2 Å². The molecule has 4 rings (SSSR count). The van der Waals surface area contributed by atoms with Crippen molar-refractivity contribution in [2.75, 3.05) is 24.1 Å². The van der Waals surface area contributed by atoms with Gasteiger partial charge in [-0.2, -0.15) is 5.10 Å². The van der Waals surface area contributed by atoms with Gasteiger partial charge in [0, 0.05) is 18.3 Å². The lowest BCUT2D eigenvalue weighted by Crippen LogP contribution is -2.49. The first kappa shape index (κ1) is 21.3. The van der Waals surface area contributed by atoms with Crippen LogP contribution < -0.4 is 14.6 Å². The van der Waals surface area contributed by atoms with E-state index in [1.807, 2.05) is 66.4 Å². The van der Waals surface area contributed by atoms with Gasteiger partial charge in [0.1, 0.15) is 10.7 Å². The second kappa shape index (κ2) is 8.32. The van der Waals surface area contributed by atoms with Crippen molar-refractivity contribution in [3.8, 4) is 5.75 Å². The van der Waals surface area contributed by atoms with Gasteiger partial charge in [0.2, 0.25) is 4.33 Å². The number of Topliss-reactive ketones (excluding diaryl/α,β-unsaturated/α-hetero) is 1. The molecule has 2 aliphatic heterocycles. The zero-order chi connectivity index (χ0) is 22.2. The smallest absolute Gasteiger partial charge is 0.346 e. The average Bonchev–Trinajstić information content (AvgIpc) is 3.31. The number of hydrogen-bond donors (Lipinski definition) is 0. The van der Waals surface area contributed by atoms with Crippen LogP contribution in [-0.4, -0.2) is 35.3 Å². The van der Waals surface area contributed by atoms with Gasteiger partial charge in [0.05, 0.1) is 19.9 Å². The highest BCUT2D eigenvalue weighted by Gasteiger charge is 2.57. The number of esters is 1. The third-order valence-electron chi connectivity index (χ3n) is 4.87. The predicted octanol–water partition coefficient (Wildman–Crippen LogP) is 4.42. The fraction of sp³-hybridized carbons (Fsp3) is 0.227. The molecule has 1 spiro atoms. The lowest BCUT2D eigenvalue weighted by Gasteiger charge is -2.41. The Bertz CT molecular complexity index is 1090. The number of ether oxygens (including phenoxy) is 2. The lowest BCUT2D eigenvalue weighted by atomic mass is 10.2. The van der Waals surface area contributed by atoms with E-state index in [9.17, 15) is 9.59 Å². The van der Waals surface area contributed by atoms with Crippen LogP contribution in [0.15, 0.2) is 70.3 Å². The highest BCUT2D eigenvalue weighted by molar-refractivity contribution is 8.29. The number of benzene rings is 2. The molecule has 0 radical (unpaired) electrons. The fourth-order valence-electron chi connectivity index (χ4n) is 3.42. The average molecular weight is 456 g/mol. The fourth-order valence-corrected chi connectivity index (χ4v) is 6.39. The van der Waals surface area contributed by atoms with Crippen LogP contribution in [-0.2, 0) is 14.3 Å². The number of para-hydroxylation sites is 1. The van der Waals surface area contributed by atoms with Crippen LogP contribution >= 0.6 is 23.5 Å². The van der Waals surface area contributed by atoms with E-state index in [1.54, 1.807) is 12.1 Å². The molecular weight excluding hydrogens is 434 g/mol. The van der Waals surface area contributed by atoms with E-state index in [0.29, 0.717) is 15.7 Å².